The molecule has 0 N–H and O–H groups in total. The van der Waals surface area contributed by atoms with Crippen LogP contribution < -0.4 is 0 Å². The van der Waals surface area contributed by atoms with Crippen LogP contribution in [-0.2, 0) is 9.53 Å². The van der Waals surface area contributed by atoms with Crippen LogP contribution in [0, 0.1) is 5.92 Å². The van der Waals surface area contributed by atoms with Crippen LogP contribution in [0.5, 0.6) is 0 Å². The van der Waals surface area contributed by atoms with Gasteiger partial charge in [-0.15, -0.1) is 0 Å². The lowest BCUT2D eigenvalue weighted by Crippen LogP contribution is -2.67. The van der Waals surface area contributed by atoms with Crippen LogP contribution in [-0.4, -0.2) is 36.0 Å². The van der Waals surface area contributed by atoms with Gasteiger partial charge in [0.1, 0.15) is 0 Å². The summed E-state index contributed by atoms with van der Waals surface area (Å²) in [5.41, 5.74) is 0. The molecule has 0 aromatic heterocycles. The normalized spacial score (nSPS) is 15.2. The number of ether oxygens (including phenoxy) is 1. The zero-order chi connectivity index (χ0) is 18.4. The number of carbonyl (C=O) groups is 1. The minimum atomic E-state index is -7.58. The Morgan fingerprint density at radius 3 is 1.36 bits per heavy atom. The molecule has 22 heavy (non-hydrogen) atoms. The van der Waals surface area contributed by atoms with E-state index < -0.39 is 41.9 Å². The van der Waals surface area contributed by atoms with Crippen molar-refractivity contribution in [3.05, 3.63) is 0 Å². The molecular formula is C9H7F11O2. The standard InChI is InChI=1S/C9H7F11O2/c1-3(2)4(21)22-9(19,20)7(14,15)5(10,11)6(12,13)8(16,17)18/h3H,1-2H3. The molecule has 0 aliphatic heterocycles. The summed E-state index contributed by atoms with van der Waals surface area (Å²) in [6.45, 7) is 1.58. The molecule has 0 aliphatic carbocycles. The highest BCUT2D eigenvalue weighted by atomic mass is 19.4. The third kappa shape index (κ3) is 3.07. The number of hydrogen-bond acceptors (Lipinski definition) is 2. The Bertz CT molecular complexity index is 424. The van der Waals surface area contributed by atoms with Gasteiger partial charge < -0.3 is 4.74 Å². The Morgan fingerprint density at radius 2 is 1.09 bits per heavy atom. The maximum absolute atomic E-state index is 12.9. The molecule has 0 saturated heterocycles. The lowest BCUT2D eigenvalue weighted by Gasteiger charge is -2.36. The van der Waals surface area contributed by atoms with E-state index in [1.807, 2.05) is 0 Å². The molecule has 13 heteroatoms. The van der Waals surface area contributed by atoms with Crippen LogP contribution >= 0.6 is 0 Å². The summed E-state index contributed by atoms with van der Waals surface area (Å²) in [5, 5.41) is 0. The van der Waals surface area contributed by atoms with Crippen molar-refractivity contribution < 1.29 is 57.8 Å². The molecule has 2 nitrogen and oxygen atoms in total. The van der Waals surface area contributed by atoms with Crippen molar-refractivity contribution in [2.75, 3.05) is 0 Å². The molecule has 0 amide bonds. The Hall–Kier alpha value is -1.30. The summed E-state index contributed by atoms with van der Waals surface area (Å²) >= 11 is 0. The fourth-order valence-corrected chi connectivity index (χ4v) is 0.866. The molecule has 0 fully saturated rings. The van der Waals surface area contributed by atoms with Crippen molar-refractivity contribution in [2.24, 2.45) is 5.92 Å². The second-order valence-corrected chi connectivity index (χ2v) is 4.31. The molecule has 0 radical (unpaired) electrons. The fraction of sp³-hybridized carbons (Fsp3) is 0.889. The van der Waals surface area contributed by atoms with Crippen molar-refractivity contribution in [2.45, 2.75) is 43.9 Å². The highest BCUT2D eigenvalue weighted by molar-refractivity contribution is 5.71. The summed E-state index contributed by atoms with van der Waals surface area (Å²) in [4.78, 5) is 10.7. The smallest absolute Gasteiger partial charge is 0.396 e. The zero-order valence-corrected chi connectivity index (χ0v) is 10.6. The van der Waals surface area contributed by atoms with Gasteiger partial charge in [0.25, 0.3) is 0 Å². The van der Waals surface area contributed by atoms with Gasteiger partial charge in [-0.3, -0.25) is 4.79 Å². The molecule has 0 aromatic carbocycles. The number of hydrogen-bond donors (Lipinski definition) is 0. The lowest BCUT2D eigenvalue weighted by atomic mass is 10.0. The predicted octanol–water partition coefficient (Wildman–Crippen LogP) is 4.25. The van der Waals surface area contributed by atoms with Crippen LogP contribution in [0.3, 0.4) is 0 Å². The number of halogens is 11. The van der Waals surface area contributed by atoms with E-state index in [0.29, 0.717) is 0 Å². The molecule has 0 heterocycles. The van der Waals surface area contributed by atoms with Gasteiger partial charge in [-0.25, -0.2) is 0 Å². The SMILES string of the molecule is CC(C)C(=O)OC(F)(F)C(F)(F)C(F)(F)C(F)(F)C(F)(F)F. The maximum atomic E-state index is 12.9. The van der Waals surface area contributed by atoms with Crippen molar-refractivity contribution in [1.29, 1.82) is 0 Å². The topological polar surface area (TPSA) is 26.3 Å². The van der Waals surface area contributed by atoms with Crippen LogP contribution in [0.25, 0.3) is 0 Å². The molecule has 0 aromatic rings. The lowest BCUT2D eigenvalue weighted by molar-refractivity contribution is -0.450. The Labute approximate surface area is 115 Å². The largest absolute Gasteiger partial charge is 0.473 e. The van der Waals surface area contributed by atoms with Gasteiger partial charge in [0.15, 0.2) is 0 Å². The first kappa shape index (κ1) is 20.7. The first-order valence-electron chi connectivity index (χ1n) is 5.13. The van der Waals surface area contributed by atoms with Crippen molar-refractivity contribution in [3.63, 3.8) is 0 Å². The fourth-order valence-electron chi connectivity index (χ4n) is 0.866. The molecule has 0 rings (SSSR count). The molecular weight excluding hydrogens is 349 g/mol. The van der Waals surface area contributed by atoms with Crippen LogP contribution in [0.1, 0.15) is 13.8 Å². The average molecular weight is 356 g/mol. The number of alkyl halides is 11. The molecule has 132 valence electrons. The van der Waals surface area contributed by atoms with Crippen molar-refractivity contribution in [1.82, 2.24) is 0 Å². The summed E-state index contributed by atoms with van der Waals surface area (Å²) in [6.07, 6.45) is -13.9. The number of rotatable bonds is 5. The molecule has 0 unspecified atom stereocenters. The van der Waals surface area contributed by atoms with Crippen LogP contribution in [0.15, 0.2) is 0 Å². The van der Waals surface area contributed by atoms with Crippen molar-refractivity contribution >= 4 is 5.97 Å². The Kier molecular flexibility index (Phi) is 5.09. The van der Waals surface area contributed by atoms with E-state index in [0.717, 1.165) is 13.8 Å². The minimum absolute atomic E-state index is 0.791. The Morgan fingerprint density at radius 1 is 0.727 bits per heavy atom. The predicted molar refractivity (Wildman–Crippen MR) is 46.8 cm³/mol. The quantitative estimate of drug-likeness (QED) is 0.544. The van der Waals surface area contributed by atoms with Gasteiger partial charge in [0.2, 0.25) is 0 Å². The molecule has 0 atom stereocenters. The van der Waals surface area contributed by atoms with Gasteiger partial charge >= 0.3 is 36.0 Å². The third-order valence-corrected chi connectivity index (χ3v) is 2.21. The van der Waals surface area contributed by atoms with E-state index in [1.165, 1.54) is 0 Å². The van der Waals surface area contributed by atoms with E-state index >= 15 is 0 Å². The van der Waals surface area contributed by atoms with E-state index in [9.17, 15) is 53.1 Å². The van der Waals surface area contributed by atoms with Crippen LogP contribution in [0.4, 0.5) is 48.3 Å². The molecule has 0 spiro atoms. The van der Waals surface area contributed by atoms with Gasteiger partial charge in [-0.2, -0.15) is 48.3 Å². The van der Waals surface area contributed by atoms with E-state index in [-0.39, 0.29) is 0 Å². The summed E-state index contributed by atoms with van der Waals surface area (Å²) in [5.74, 6) is -26.2. The van der Waals surface area contributed by atoms with E-state index in [1.54, 1.807) is 0 Å². The molecule has 0 saturated carbocycles. The molecule has 0 aliphatic rings. The number of carbonyl (C=O) groups excluding carboxylic acids is 1. The Balaban J connectivity index is 5.84. The maximum Gasteiger partial charge on any atom is 0.473 e. The first-order valence-corrected chi connectivity index (χ1v) is 5.13. The monoisotopic (exact) mass is 356 g/mol. The van der Waals surface area contributed by atoms with Gasteiger partial charge in [0.05, 0.1) is 5.92 Å². The average Bonchev–Trinajstić information content (AvgIpc) is 2.25. The highest BCUT2D eigenvalue weighted by Gasteiger charge is 2.88. The minimum Gasteiger partial charge on any atom is -0.396 e. The number of esters is 1. The summed E-state index contributed by atoms with van der Waals surface area (Å²) < 4.78 is 140. The summed E-state index contributed by atoms with van der Waals surface area (Å²) in [7, 11) is 0. The second-order valence-electron chi connectivity index (χ2n) is 4.31. The highest BCUT2D eigenvalue weighted by Crippen LogP contribution is 2.57. The summed E-state index contributed by atoms with van der Waals surface area (Å²) in [6, 6.07) is 0. The van der Waals surface area contributed by atoms with Gasteiger partial charge in [0, 0.05) is 0 Å². The van der Waals surface area contributed by atoms with Gasteiger partial charge in [-0.1, -0.05) is 13.8 Å². The van der Waals surface area contributed by atoms with E-state index in [2.05, 4.69) is 4.74 Å². The second kappa shape index (κ2) is 5.41. The van der Waals surface area contributed by atoms with E-state index in [4.69, 9.17) is 0 Å². The molecule has 0 bridgehead atoms. The van der Waals surface area contributed by atoms with Gasteiger partial charge in [-0.05, 0) is 0 Å². The third-order valence-electron chi connectivity index (χ3n) is 2.21. The zero-order valence-electron chi connectivity index (χ0n) is 10.6. The van der Waals surface area contributed by atoms with Crippen LogP contribution in [0.2, 0.25) is 0 Å². The van der Waals surface area contributed by atoms with Crippen molar-refractivity contribution in [3.8, 4) is 0 Å². The first-order chi connectivity index (χ1) is 9.33.